The minimum absolute atomic E-state index is 0.0564. The Morgan fingerprint density at radius 3 is 2.43 bits per heavy atom. The van der Waals surface area contributed by atoms with Crippen LogP contribution in [0.15, 0.2) is 59.5 Å². The van der Waals surface area contributed by atoms with E-state index in [1.165, 1.54) is 4.31 Å². The summed E-state index contributed by atoms with van der Waals surface area (Å²) in [5.41, 5.74) is 0.332. The van der Waals surface area contributed by atoms with Crippen molar-refractivity contribution in [3.8, 4) is 0 Å². The van der Waals surface area contributed by atoms with Gasteiger partial charge in [-0.1, -0.05) is 41.9 Å². The number of amides is 2. The number of sulfonamides is 1. The smallest absolute Gasteiger partial charge is 0.313 e. The van der Waals surface area contributed by atoms with Crippen molar-refractivity contribution in [3.63, 3.8) is 0 Å². The van der Waals surface area contributed by atoms with E-state index in [2.05, 4.69) is 10.6 Å². The topological polar surface area (TPSA) is 95.6 Å². The van der Waals surface area contributed by atoms with Crippen molar-refractivity contribution < 1.29 is 18.0 Å². The molecule has 2 aromatic rings. The van der Waals surface area contributed by atoms with Crippen LogP contribution in [-0.4, -0.2) is 43.7 Å². The predicted octanol–water partition coefficient (Wildman–Crippen LogP) is 2.25. The summed E-state index contributed by atoms with van der Waals surface area (Å²) in [6, 6.07) is 14.3. The number of anilines is 1. The van der Waals surface area contributed by atoms with E-state index in [4.69, 9.17) is 11.6 Å². The molecular weight excluding hydrogens is 402 g/mol. The summed E-state index contributed by atoms with van der Waals surface area (Å²) in [6.45, 7) is 0.435. The van der Waals surface area contributed by atoms with Crippen LogP contribution in [0.5, 0.6) is 0 Å². The third-order valence-electron chi connectivity index (χ3n) is 4.50. The van der Waals surface area contributed by atoms with Gasteiger partial charge in [0.25, 0.3) is 0 Å². The highest BCUT2D eigenvalue weighted by molar-refractivity contribution is 7.89. The normalized spacial score (nSPS) is 17.2. The first-order valence-corrected chi connectivity index (χ1v) is 10.6. The molecular formula is C19H20ClN3O4S. The van der Waals surface area contributed by atoms with Crippen LogP contribution in [0.4, 0.5) is 5.69 Å². The Balaban J connectivity index is 1.61. The third-order valence-corrected chi connectivity index (χ3v) is 6.80. The molecule has 9 heteroatoms. The maximum Gasteiger partial charge on any atom is 0.313 e. The molecule has 0 radical (unpaired) electrons. The van der Waals surface area contributed by atoms with E-state index < -0.39 is 27.9 Å². The zero-order valence-electron chi connectivity index (χ0n) is 15.0. The maximum absolute atomic E-state index is 12.8. The highest BCUT2D eigenvalue weighted by Crippen LogP contribution is 2.25. The van der Waals surface area contributed by atoms with Crippen molar-refractivity contribution in [1.29, 1.82) is 0 Å². The lowest BCUT2D eigenvalue weighted by Gasteiger charge is -2.24. The molecule has 1 aliphatic heterocycles. The number of nitrogens with one attached hydrogen (secondary N) is 2. The van der Waals surface area contributed by atoms with Crippen molar-refractivity contribution in [2.45, 2.75) is 23.8 Å². The van der Waals surface area contributed by atoms with Gasteiger partial charge in [-0.05, 0) is 37.1 Å². The molecule has 3 rings (SSSR count). The Hall–Kier alpha value is -2.42. The Morgan fingerprint density at radius 1 is 1.04 bits per heavy atom. The average molecular weight is 422 g/mol. The first-order valence-electron chi connectivity index (χ1n) is 8.80. The molecule has 1 saturated heterocycles. The van der Waals surface area contributed by atoms with Gasteiger partial charge in [0, 0.05) is 19.1 Å². The molecule has 0 aliphatic carbocycles. The number of nitrogens with zero attached hydrogens (tertiary/aromatic N) is 1. The van der Waals surface area contributed by atoms with Gasteiger partial charge in [-0.25, -0.2) is 8.42 Å². The van der Waals surface area contributed by atoms with Gasteiger partial charge in [0.05, 0.1) is 15.6 Å². The van der Waals surface area contributed by atoms with E-state index in [9.17, 15) is 18.0 Å². The Kier molecular flexibility index (Phi) is 6.33. The first kappa shape index (κ1) is 20.3. The minimum atomic E-state index is -3.65. The molecule has 0 saturated carbocycles. The van der Waals surface area contributed by atoms with Crippen LogP contribution < -0.4 is 10.6 Å². The number of para-hydroxylation sites is 1. The van der Waals surface area contributed by atoms with Gasteiger partial charge < -0.3 is 10.6 Å². The van der Waals surface area contributed by atoms with Crippen molar-refractivity contribution in [2.75, 3.05) is 18.4 Å². The van der Waals surface area contributed by atoms with Crippen LogP contribution in [0, 0.1) is 0 Å². The number of hydrogen-bond donors (Lipinski definition) is 2. The third kappa shape index (κ3) is 4.52. The van der Waals surface area contributed by atoms with E-state index in [0.29, 0.717) is 30.1 Å². The Morgan fingerprint density at radius 2 is 1.71 bits per heavy atom. The zero-order valence-corrected chi connectivity index (χ0v) is 16.5. The lowest BCUT2D eigenvalue weighted by atomic mass is 10.2. The van der Waals surface area contributed by atoms with E-state index in [1.807, 2.05) is 0 Å². The molecule has 1 aliphatic rings. The Bertz CT molecular complexity index is 966. The fourth-order valence-corrected chi connectivity index (χ4v) is 4.99. The molecule has 1 heterocycles. The summed E-state index contributed by atoms with van der Waals surface area (Å²) in [5, 5.41) is 5.27. The fraction of sp³-hybridized carbons (Fsp3) is 0.263. The van der Waals surface area contributed by atoms with Crippen LogP contribution in [0.2, 0.25) is 5.02 Å². The van der Waals surface area contributed by atoms with Gasteiger partial charge in [-0.3, -0.25) is 9.59 Å². The number of rotatable bonds is 5. The second-order valence-electron chi connectivity index (χ2n) is 6.37. The molecule has 28 heavy (non-hydrogen) atoms. The van der Waals surface area contributed by atoms with Crippen molar-refractivity contribution in [2.24, 2.45) is 0 Å². The van der Waals surface area contributed by atoms with Crippen molar-refractivity contribution >= 4 is 39.1 Å². The molecule has 1 fully saturated rings. The van der Waals surface area contributed by atoms with Crippen LogP contribution in [0.3, 0.4) is 0 Å². The highest BCUT2D eigenvalue weighted by Gasteiger charge is 2.35. The molecule has 7 nitrogen and oxygen atoms in total. The van der Waals surface area contributed by atoms with Gasteiger partial charge in [0.15, 0.2) is 0 Å². The highest BCUT2D eigenvalue weighted by atomic mass is 35.5. The van der Waals surface area contributed by atoms with Crippen molar-refractivity contribution in [3.05, 3.63) is 59.6 Å². The van der Waals surface area contributed by atoms with E-state index in [-0.39, 0.29) is 11.4 Å². The quantitative estimate of drug-likeness (QED) is 0.724. The molecule has 2 N–H and O–H groups in total. The molecule has 1 unspecified atom stereocenters. The van der Waals surface area contributed by atoms with Gasteiger partial charge in [0.1, 0.15) is 0 Å². The lowest BCUT2D eigenvalue weighted by molar-refractivity contribution is -0.136. The largest absolute Gasteiger partial charge is 0.346 e. The number of benzene rings is 2. The summed E-state index contributed by atoms with van der Waals surface area (Å²) in [7, 11) is -3.65. The SMILES string of the molecule is O=C(NCC1CCCN1S(=O)(=O)c1ccccc1)C(=O)Nc1ccccc1Cl. The van der Waals surface area contributed by atoms with Crippen LogP contribution in [0.25, 0.3) is 0 Å². The molecule has 2 amide bonds. The second kappa shape index (κ2) is 8.72. The number of carbonyl (C=O) groups is 2. The average Bonchev–Trinajstić information content (AvgIpc) is 3.18. The molecule has 0 spiro atoms. The number of carbonyl (C=O) groups excluding carboxylic acids is 2. The Labute approximate surface area is 168 Å². The van der Waals surface area contributed by atoms with Gasteiger partial charge >= 0.3 is 11.8 Å². The summed E-state index contributed by atoms with van der Waals surface area (Å²) in [4.78, 5) is 24.4. The van der Waals surface area contributed by atoms with Crippen LogP contribution >= 0.6 is 11.6 Å². The van der Waals surface area contributed by atoms with Crippen LogP contribution in [-0.2, 0) is 19.6 Å². The van der Waals surface area contributed by atoms with Gasteiger partial charge in [-0.2, -0.15) is 4.31 Å². The molecule has 0 bridgehead atoms. The first-order chi connectivity index (χ1) is 13.4. The summed E-state index contributed by atoms with van der Waals surface area (Å²) < 4.78 is 27.0. The van der Waals surface area contributed by atoms with Crippen molar-refractivity contribution in [1.82, 2.24) is 9.62 Å². The predicted molar refractivity (Wildman–Crippen MR) is 106 cm³/mol. The summed E-state index contributed by atoms with van der Waals surface area (Å²) in [6.07, 6.45) is 1.30. The minimum Gasteiger partial charge on any atom is -0.346 e. The number of halogens is 1. The lowest BCUT2D eigenvalue weighted by Crippen LogP contribution is -2.45. The molecule has 1 atom stereocenters. The van der Waals surface area contributed by atoms with Gasteiger partial charge in [0.2, 0.25) is 10.0 Å². The van der Waals surface area contributed by atoms with E-state index in [0.717, 1.165) is 0 Å². The van der Waals surface area contributed by atoms with E-state index in [1.54, 1.807) is 54.6 Å². The number of hydrogen-bond acceptors (Lipinski definition) is 4. The van der Waals surface area contributed by atoms with E-state index >= 15 is 0 Å². The molecule has 0 aromatic heterocycles. The summed E-state index contributed by atoms with van der Waals surface area (Å²) in [5.74, 6) is -1.70. The standard InChI is InChI=1S/C19H20ClN3O4S/c20-16-10-4-5-11-17(16)22-19(25)18(24)21-13-14-7-6-12-23(14)28(26,27)15-8-2-1-3-9-15/h1-5,8-11,14H,6-7,12-13H2,(H,21,24)(H,22,25). The van der Waals surface area contributed by atoms with Gasteiger partial charge in [-0.15, -0.1) is 0 Å². The molecule has 2 aromatic carbocycles. The summed E-state index contributed by atoms with van der Waals surface area (Å²) >= 11 is 5.96. The van der Waals surface area contributed by atoms with Crippen LogP contribution in [0.1, 0.15) is 12.8 Å². The monoisotopic (exact) mass is 421 g/mol. The molecule has 148 valence electrons. The fourth-order valence-electron chi connectivity index (χ4n) is 3.09. The zero-order chi connectivity index (χ0) is 20.1. The maximum atomic E-state index is 12.8. The second-order valence-corrected chi connectivity index (χ2v) is 8.67.